The van der Waals surface area contributed by atoms with E-state index in [1.165, 1.54) is 4.90 Å². The Morgan fingerprint density at radius 1 is 1.71 bits per heavy atom. The van der Waals surface area contributed by atoms with Gasteiger partial charge in [-0.2, -0.15) is 0 Å². The third kappa shape index (κ3) is 2.70. The monoisotopic (exact) mass is 199 g/mol. The summed E-state index contributed by atoms with van der Waals surface area (Å²) >= 11 is 0. The van der Waals surface area contributed by atoms with Gasteiger partial charge in [-0.3, -0.25) is 9.59 Å². The Morgan fingerprint density at radius 3 is 3.07 bits per heavy atom. The largest absolute Gasteiger partial charge is 0.354 e. The van der Waals surface area contributed by atoms with Crippen molar-refractivity contribution in [3.8, 4) is 0 Å². The zero-order valence-electron chi connectivity index (χ0n) is 8.45. The van der Waals surface area contributed by atoms with Gasteiger partial charge in [0.25, 0.3) is 0 Å². The van der Waals surface area contributed by atoms with Gasteiger partial charge in [-0.05, 0) is 12.8 Å². The first-order valence-corrected chi connectivity index (χ1v) is 4.96. The van der Waals surface area contributed by atoms with Crippen LogP contribution >= 0.6 is 0 Å². The van der Waals surface area contributed by atoms with Crippen molar-refractivity contribution < 1.29 is 9.59 Å². The molecule has 0 saturated carbocycles. The molecule has 1 atom stereocenters. The van der Waals surface area contributed by atoms with E-state index in [2.05, 4.69) is 5.32 Å². The molecule has 1 aliphatic heterocycles. The van der Waals surface area contributed by atoms with Gasteiger partial charge in [0.1, 0.15) is 0 Å². The molecular weight excluding hydrogens is 182 g/mol. The summed E-state index contributed by atoms with van der Waals surface area (Å²) in [7, 11) is 0. The van der Waals surface area contributed by atoms with E-state index in [0.29, 0.717) is 19.5 Å². The number of nitrogens with one attached hydrogen (secondary N) is 1. The summed E-state index contributed by atoms with van der Waals surface area (Å²) in [6, 6.07) is -0.471. The van der Waals surface area contributed by atoms with Gasteiger partial charge >= 0.3 is 0 Å². The fourth-order valence-corrected chi connectivity index (χ4v) is 1.40. The number of amides is 2. The molecule has 0 aromatic rings. The van der Waals surface area contributed by atoms with E-state index in [1.54, 1.807) is 0 Å². The third-order valence-corrected chi connectivity index (χ3v) is 2.33. The van der Waals surface area contributed by atoms with Crippen molar-refractivity contribution in [2.75, 3.05) is 19.6 Å². The maximum atomic E-state index is 11.6. The molecule has 0 bridgehead atoms. The fourth-order valence-electron chi connectivity index (χ4n) is 1.40. The van der Waals surface area contributed by atoms with Gasteiger partial charge < -0.3 is 16.0 Å². The van der Waals surface area contributed by atoms with Crippen molar-refractivity contribution >= 4 is 11.8 Å². The average Bonchev–Trinajstić information content (AvgIpc) is 2.40. The van der Waals surface area contributed by atoms with Crippen LogP contribution in [0.3, 0.4) is 0 Å². The van der Waals surface area contributed by atoms with E-state index in [4.69, 9.17) is 5.73 Å². The molecule has 0 aromatic carbocycles. The van der Waals surface area contributed by atoms with Crippen molar-refractivity contribution in [3.05, 3.63) is 0 Å². The van der Waals surface area contributed by atoms with Gasteiger partial charge in [-0.25, -0.2) is 0 Å². The highest BCUT2D eigenvalue weighted by Gasteiger charge is 2.23. The maximum absolute atomic E-state index is 11.6. The van der Waals surface area contributed by atoms with Gasteiger partial charge in [-0.1, -0.05) is 6.92 Å². The molecule has 0 aliphatic carbocycles. The second kappa shape index (κ2) is 4.95. The summed E-state index contributed by atoms with van der Waals surface area (Å²) in [5, 5.41) is 2.71. The van der Waals surface area contributed by atoms with Crippen LogP contribution in [0.5, 0.6) is 0 Å². The minimum atomic E-state index is -0.471. The van der Waals surface area contributed by atoms with Crippen molar-refractivity contribution in [2.45, 2.75) is 25.8 Å². The summed E-state index contributed by atoms with van der Waals surface area (Å²) in [5.41, 5.74) is 5.62. The molecular formula is C9H17N3O2. The average molecular weight is 199 g/mol. The van der Waals surface area contributed by atoms with Crippen LogP contribution in [0, 0.1) is 0 Å². The molecule has 5 heteroatoms. The van der Waals surface area contributed by atoms with Crippen LogP contribution < -0.4 is 11.1 Å². The molecule has 1 heterocycles. The fraction of sp³-hybridized carbons (Fsp3) is 0.778. The lowest BCUT2D eigenvalue weighted by atomic mass is 10.2. The predicted molar refractivity (Wildman–Crippen MR) is 52.5 cm³/mol. The van der Waals surface area contributed by atoms with Crippen LogP contribution in [-0.2, 0) is 9.59 Å². The van der Waals surface area contributed by atoms with Gasteiger partial charge in [-0.15, -0.1) is 0 Å². The SMILES string of the molecule is CC[C@H](N)C(=O)N1CCCNC(=O)C1. The Morgan fingerprint density at radius 2 is 2.43 bits per heavy atom. The maximum Gasteiger partial charge on any atom is 0.239 e. The Hall–Kier alpha value is -1.10. The van der Waals surface area contributed by atoms with Crippen LogP contribution in [0.1, 0.15) is 19.8 Å². The smallest absolute Gasteiger partial charge is 0.239 e. The molecule has 0 unspecified atom stereocenters. The molecule has 0 radical (unpaired) electrons. The number of rotatable bonds is 2. The molecule has 2 amide bonds. The summed E-state index contributed by atoms with van der Waals surface area (Å²) in [4.78, 5) is 24.3. The van der Waals surface area contributed by atoms with Crippen molar-refractivity contribution in [3.63, 3.8) is 0 Å². The van der Waals surface area contributed by atoms with Crippen LogP contribution in [0.15, 0.2) is 0 Å². The van der Waals surface area contributed by atoms with Gasteiger partial charge in [0.15, 0.2) is 0 Å². The van der Waals surface area contributed by atoms with Crippen molar-refractivity contribution in [2.24, 2.45) is 5.73 Å². The summed E-state index contributed by atoms with van der Waals surface area (Å²) < 4.78 is 0. The number of nitrogens with zero attached hydrogens (tertiary/aromatic N) is 1. The number of carbonyl (C=O) groups excluding carboxylic acids is 2. The molecule has 5 nitrogen and oxygen atoms in total. The van der Waals surface area contributed by atoms with Crippen molar-refractivity contribution in [1.82, 2.24) is 10.2 Å². The first-order chi connectivity index (χ1) is 6.65. The number of carbonyl (C=O) groups is 2. The summed E-state index contributed by atoms with van der Waals surface area (Å²) in [6.07, 6.45) is 1.41. The first-order valence-electron chi connectivity index (χ1n) is 4.96. The van der Waals surface area contributed by atoms with Crippen molar-refractivity contribution in [1.29, 1.82) is 0 Å². The lowest BCUT2D eigenvalue weighted by molar-refractivity contribution is -0.136. The summed E-state index contributed by atoms with van der Waals surface area (Å²) in [5.74, 6) is -0.219. The normalized spacial score (nSPS) is 19.9. The first kappa shape index (κ1) is 11.0. The highest BCUT2D eigenvalue weighted by Crippen LogP contribution is 2.01. The van der Waals surface area contributed by atoms with E-state index < -0.39 is 6.04 Å². The van der Waals surface area contributed by atoms with E-state index in [0.717, 1.165) is 6.42 Å². The zero-order chi connectivity index (χ0) is 10.6. The Kier molecular flexibility index (Phi) is 3.88. The van der Waals surface area contributed by atoms with Crippen LogP contribution in [0.2, 0.25) is 0 Å². The Labute approximate surface area is 83.6 Å². The molecule has 3 N–H and O–H groups in total. The topological polar surface area (TPSA) is 75.4 Å². The molecule has 1 fully saturated rings. The number of hydrogen-bond acceptors (Lipinski definition) is 3. The quantitative estimate of drug-likeness (QED) is 0.603. The molecule has 14 heavy (non-hydrogen) atoms. The lowest BCUT2D eigenvalue weighted by Crippen LogP contribution is -2.46. The predicted octanol–water partition coefficient (Wildman–Crippen LogP) is -0.928. The van der Waals surface area contributed by atoms with E-state index >= 15 is 0 Å². The Balaban J connectivity index is 2.56. The van der Waals surface area contributed by atoms with Crippen LogP contribution in [-0.4, -0.2) is 42.4 Å². The number of nitrogens with two attached hydrogens (primary N) is 1. The molecule has 1 saturated heterocycles. The van der Waals surface area contributed by atoms with E-state index in [-0.39, 0.29) is 18.4 Å². The molecule has 1 aliphatic rings. The Bertz CT molecular complexity index is 230. The molecule has 80 valence electrons. The molecule has 1 rings (SSSR count). The van der Waals surface area contributed by atoms with Gasteiger partial charge in [0.05, 0.1) is 12.6 Å². The van der Waals surface area contributed by atoms with Gasteiger partial charge in [0.2, 0.25) is 11.8 Å². The molecule has 0 spiro atoms. The highest BCUT2D eigenvalue weighted by atomic mass is 16.2. The summed E-state index contributed by atoms with van der Waals surface area (Å²) in [6.45, 7) is 3.27. The third-order valence-electron chi connectivity index (χ3n) is 2.33. The zero-order valence-corrected chi connectivity index (χ0v) is 8.45. The highest BCUT2D eigenvalue weighted by molar-refractivity contribution is 5.87. The van der Waals surface area contributed by atoms with Crippen LogP contribution in [0.4, 0.5) is 0 Å². The molecule has 0 aromatic heterocycles. The van der Waals surface area contributed by atoms with E-state index in [9.17, 15) is 9.59 Å². The second-order valence-electron chi connectivity index (χ2n) is 3.48. The van der Waals surface area contributed by atoms with E-state index in [1.807, 2.05) is 6.92 Å². The minimum Gasteiger partial charge on any atom is -0.354 e. The number of hydrogen-bond donors (Lipinski definition) is 2. The second-order valence-corrected chi connectivity index (χ2v) is 3.48. The van der Waals surface area contributed by atoms with Crippen LogP contribution in [0.25, 0.3) is 0 Å². The minimum absolute atomic E-state index is 0.0980. The van der Waals surface area contributed by atoms with Gasteiger partial charge in [0, 0.05) is 13.1 Å². The lowest BCUT2D eigenvalue weighted by Gasteiger charge is -2.22. The standard InChI is InChI=1S/C9H17N3O2/c1-2-7(10)9(14)12-5-3-4-11-8(13)6-12/h7H,2-6,10H2,1H3,(H,11,13)/t7-/m0/s1.